The van der Waals surface area contributed by atoms with Gasteiger partial charge in [0.15, 0.2) is 0 Å². The molecule has 0 radical (unpaired) electrons. The van der Waals surface area contributed by atoms with Crippen LogP contribution in [0.5, 0.6) is 0 Å². The molecule has 6 nitrogen and oxygen atoms in total. The first-order valence-electron chi connectivity index (χ1n) is 8.34. The molecular formula is C19H18N4O2S. The molecule has 1 aliphatic heterocycles. The molecule has 132 valence electrons. The molecule has 0 N–H and O–H groups in total. The SMILES string of the molecule is Cn1cc(N2CCN(C(=O)c3sccc3-c3ccccc3)CC2=O)cn1. The molecule has 2 amide bonds. The Morgan fingerprint density at radius 2 is 1.96 bits per heavy atom. The molecule has 2 aromatic heterocycles. The van der Waals surface area contributed by atoms with Crippen LogP contribution in [0.4, 0.5) is 5.69 Å². The lowest BCUT2D eigenvalue weighted by molar-refractivity contribution is -0.120. The number of aromatic nitrogens is 2. The quantitative estimate of drug-likeness (QED) is 0.716. The van der Waals surface area contributed by atoms with Gasteiger partial charge in [-0.1, -0.05) is 30.3 Å². The second kappa shape index (κ2) is 6.76. The Hall–Kier alpha value is -2.93. The van der Waals surface area contributed by atoms with Gasteiger partial charge in [-0.05, 0) is 17.0 Å². The lowest BCUT2D eigenvalue weighted by Crippen LogP contribution is -2.52. The van der Waals surface area contributed by atoms with Crippen LogP contribution in [0.15, 0.2) is 54.2 Å². The van der Waals surface area contributed by atoms with Crippen LogP contribution in [-0.2, 0) is 11.8 Å². The molecule has 7 heteroatoms. The van der Waals surface area contributed by atoms with Crippen molar-refractivity contribution in [2.75, 3.05) is 24.5 Å². The Morgan fingerprint density at radius 3 is 2.65 bits per heavy atom. The third kappa shape index (κ3) is 3.01. The Morgan fingerprint density at radius 1 is 1.15 bits per heavy atom. The van der Waals surface area contributed by atoms with Crippen molar-refractivity contribution in [1.29, 1.82) is 0 Å². The van der Waals surface area contributed by atoms with E-state index in [4.69, 9.17) is 0 Å². The number of rotatable bonds is 3. The molecule has 4 rings (SSSR count). The maximum atomic E-state index is 13.0. The first kappa shape index (κ1) is 16.5. The largest absolute Gasteiger partial charge is 0.327 e. The third-order valence-electron chi connectivity index (χ3n) is 4.46. The van der Waals surface area contributed by atoms with Crippen molar-refractivity contribution >= 4 is 28.8 Å². The molecule has 3 heterocycles. The zero-order valence-corrected chi connectivity index (χ0v) is 15.1. The number of nitrogens with zero attached hydrogens (tertiary/aromatic N) is 4. The summed E-state index contributed by atoms with van der Waals surface area (Å²) in [6.07, 6.45) is 3.48. The van der Waals surface area contributed by atoms with Gasteiger partial charge in [0.05, 0.1) is 16.8 Å². The van der Waals surface area contributed by atoms with Gasteiger partial charge in [-0.2, -0.15) is 5.10 Å². The van der Waals surface area contributed by atoms with Crippen LogP contribution < -0.4 is 4.90 Å². The average molecular weight is 366 g/mol. The smallest absolute Gasteiger partial charge is 0.265 e. The van der Waals surface area contributed by atoms with E-state index >= 15 is 0 Å². The predicted molar refractivity (Wildman–Crippen MR) is 101 cm³/mol. The summed E-state index contributed by atoms with van der Waals surface area (Å²) in [5.41, 5.74) is 2.70. The van der Waals surface area contributed by atoms with Crippen LogP contribution >= 0.6 is 11.3 Å². The van der Waals surface area contributed by atoms with Crippen molar-refractivity contribution in [3.05, 3.63) is 59.0 Å². The van der Waals surface area contributed by atoms with Crippen molar-refractivity contribution in [2.45, 2.75) is 0 Å². The number of carbonyl (C=O) groups excluding carboxylic acids is 2. The first-order chi connectivity index (χ1) is 12.6. The summed E-state index contributed by atoms with van der Waals surface area (Å²) in [4.78, 5) is 29.5. The topological polar surface area (TPSA) is 58.4 Å². The summed E-state index contributed by atoms with van der Waals surface area (Å²) in [7, 11) is 1.82. The Bertz CT molecular complexity index is 947. The van der Waals surface area contributed by atoms with E-state index in [0.717, 1.165) is 16.8 Å². The highest BCUT2D eigenvalue weighted by atomic mass is 32.1. The van der Waals surface area contributed by atoms with Crippen LogP contribution in [0.3, 0.4) is 0 Å². The lowest BCUT2D eigenvalue weighted by atomic mass is 10.1. The van der Waals surface area contributed by atoms with Gasteiger partial charge in [0.2, 0.25) is 5.91 Å². The second-order valence-electron chi connectivity index (χ2n) is 6.17. The van der Waals surface area contributed by atoms with Gasteiger partial charge in [0.1, 0.15) is 6.54 Å². The molecule has 1 aromatic carbocycles. The number of piperazine rings is 1. The fourth-order valence-corrected chi connectivity index (χ4v) is 4.01. The van der Waals surface area contributed by atoms with E-state index in [1.54, 1.807) is 20.7 Å². The molecule has 3 aromatic rings. The zero-order valence-electron chi connectivity index (χ0n) is 14.3. The van der Waals surface area contributed by atoms with Gasteiger partial charge in [0.25, 0.3) is 5.91 Å². The number of thiophene rings is 1. The Labute approximate surface area is 155 Å². The van der Waals surface area contributed by atoms with Crippen LogP contribution in [-0.4, -0.2) is 46.1 Å². The summed E-state index contributed by atoms with van der Waals surface area (Å²) < 4.78 is 1.66. The van der Waals surface area contributed by atoms with Crippen molar-refractivity contribution in [3.63, 3.8) is 0 Å². The standard InChI is InChI=1S/C19H18N4O2S/c1-21-12-15(11-20-21)23-9-8-22(13-17(23)24)19(25)18-16(7-10-26-18)14-5-3-2-4-6-14/h2-7,10-12H,8-9,13H2,1H3. The summed E-state index contributed by atoms with van der Waals surface area (Å²) in [6, 6.07) is 11.8. The molecule has 1 saturated heterocycles. The Kier molecular flexibility index (Phi) is 4.30. The number of benzene rings is 1. The van der Waals surface area contributed by atoms with Crippen LogP contribution in [0, 0.1) is 0 Å². The molecular weight excluding hydrogens is 348 g/mol. The van der Waals surface area contributed by atoms with E-state index in [-0.39, 0.29) is 18.4 Å². The fourth-order valence-electron chi connectivity index (χ4n) is 3.13. The monoisotopic (exact) mass is 366 g/mol. The van der Waals surface area contributed by atoms with E-state index in [1.165, 1.54) is 11.3 Å². The predicted octanol–water partition coefficient (Wildman–Crippen LogP) is 2.64. The van der Waals surface area contributed by atoms with Crippen LogP contribution in [0.25, 0.3) is 11.1 Å². The maximum Gasteiger partial charge on any atom is 0.265 e. The molecule has 0 unspecified atom stereocenters. The van der Waals surface area contributed by atoms with Gasteiger partial charge in [-0.15, -0.1) is 11.3 Å². The molecule has 0 aliphatic carbocycles. The number of amides is 2. The summed E-state index contributed by atoms with van der Waals surface area (Å²) >= 11 is 1.42. The number of hydrogen-bond donors (Lipinski definition) is 0. The van der Waals surface area contributed by atoms with Gasteiger partial charge in [0, 0.05) is 31.9 Å². The first-order valence-corrected chi connectivity index (χ1v) is 9.22. The number of hydrogen-bond acceptors (Lipinski definition) is 4. The van der Waals surface area contributed by atoms with Crippen molar-refractivity contribution in [3.8, 4) is 11.1 Å². The molecule has 1 aliphatic rings. The van der Waals surface area contributed by atoms with Crippen molar-refractivity contribution < 1.29 is 9.59 Å². The minimum Gasteiger partial charge on any atom is -0.327 e. The molecule has 0 bridgehead atoms. The highest BCUT2D eigenvalue weighted by Gasteiger charge is 2.30. The normalized spacial score (nSPS) is 14.7. The third-order valence-corrected chi connectivity index (χ3v) is 5.36. The van der Waals surface area contributed by atoms with E-state index < -0.39 is 0 Å². The van der Waals surface area contributed by atoms with E-state index in [0.29, 0.717) is 18.0 Å². The minimum absolute atomic E-state index is 0.0832. The van der Waals surface area contributed by atoms with Gasteiger partial charge in [-0.3, -0.25) is 14.3 Å². The number of anilines is 1. The highest BCUT2D eigenvalue weighted by molar-refractivity contribution is 7.12. The van der Waals surface area contributed by atoms with Gasteiger partial charge in [-0.25, -0.2) is 0 Å². The van der Waals surface area contributed by atoms with Crippen LogP contribution in [0.2, 0.25) is 0 Å². The average Bonchev–Trinajstić information content (AvgIpc) is 3.31. The zero-order chi connectivity index (χ0) is 18.1. The molecule has 0 atom stereocenters. The minimum atomic E-state index is -0.0876. The summed E-state index contributed by atoms with van der Waals surface area (Å²) in [5.74, 6) is -0.173. The maximum absolute atomic E-state index is 13.0. The van der Waals surface area contributed by atoms with E-state index in [1.807, 2.05) is 55.0 Å². The van der Waals surface area contributed by atoms with E-state index in [2.05, 4.69) is 5.10 Å². The fraction of sp³-hybridized carbons (Fsp3) is 0.211. The summed E-state index contributed by atoms with van der Waals surface area (Å²) in [5, 5.41) is 6.03. The molecule has 26 heavy (non-hydrogen) atoms. The second-order valence-corrected chi connectivity index (χ2v) is 7.09. The van der Waals surface area contributed by atoms with Crippen LogP contribution in [0.1, 0.15) is 9.67 Å². The highest BCUT2D eigenvalue weighted by Crippen LogP contribution is 2.30. The summed E-state index contributed by atoms with van der Waals surface area (Å²) in [6.45, 7) is 1.06. The molecule has 0 saturated carbocycles. The van der Waals surface area contributed by atoms with E-state index in [9.17, 15) is 9.59 Å². The van der Waals surface area contributed by atoms with Crippen molar-refractivity contribution in [1.82, 2.24) is 14.7 Å². The van der Waals surface area contributed by atoms with Crippen molar-refractivity contribution in [2.24, 2.45) is 7.05 Å². The van der Waals surface area contributed by atoms with Gasteiger partial charge >= 0.3 is 0 Å². The molecule has 1 fully saturated rings. The number of carbonyl (C=O) groups is 2. The number of aryl methyl sites for hydroxylation is 1. The molecule has 0 spiro atoms. The van der Waals surface area contributed by atoms with Gasteiger partial charge < -0.3 is 9.80 Å². The lowest BCUT2D eigenvalue weighted by Gasteiger charge is -2.33. The Balaban J connectivity index is 1.53.